The van der Waals surface area contributed by atoms with Gasteiger partial charge in [0.15, 0.2) is 0 Å². The minimum absolute atomic E-state index is 0. The second kappa shape index (κ2) is 8.45. The molecule has 2 aromatic heterocycles. The van der Waals surface area contributed by atoms with Gasteiger partial charge in [-0.3, -0.25) is 4.57 Å². The monoisotopic (exact) mass is 361 g/mol. The molecule has 0 unspecified atom stereocenters. The van der Waals surface area contributed by atoms with Gasteiger partial charge in [-0.05, 0) is 43.2 Å². The van der Waals surface area contributed by atoms with Gasteiger partial charge in [-0.2, -0.15) is 4.98 Å². The molecule has 140 valence electrons. The van der Waals surface area contributed by atoms with E-state index in [1.54, 1.807) is 12.5 Å². The van der Waals surface area contributed by atoms with E-state index < -0.39 is 0 Å². The summed E-state index contributed by atoms with van der Waals surface area (Å²) in [6, 6.07) is 18.5. The molecule has 27 heavy (non-hydrogen) atoms. The number of rotatable bonds is 4. The first-order chi connectivity index (χ1) is 13.2. The Balaban J connectivity index is 0.000000906. The summed E-state index contributed by atoms with van der Waals surface area (Å²) < 4.78 is 1.99. The maximum absolute atomic E-state index is 4.66. The van der Waals surface area contributed by atoms with Crippen LogP contribution in [0.4, 0.5) is 5.95 Å². The molecule has 1 N–H and O–H groups in total. The standard InChI is InChI=1S/C20H19N5.C2H6.H2/c1-14-8-9-17-18(12-14)25(13-22-17)19-10-11-21-20(24-19)23-15(2)16-6-4-3-5-7-16;1-2;/h3-13,15H,1-2H3,(H,21,23,24);1-2H3;1H/t15-;;/m0../s1. The first kappa shape index (κ1) is 18.6. The van der Waals surface area contributed by atoms with Crippen molar-refractivity contribution in [3.63, 3.8) is 0 Å². The molecule has 0 saturated heterocycles. The summed E-state index contributed by atoms with van der Waals surface area (Å²) in [4.78, 5) is 13.5. The summed E-state index contributed by atoms with van der Waals surface area (Å²) >= 11 is 0. The number of anilines is 1. The Morgan fingerprint density at radius 1 is 1.00 bits per heavy atom. The summed E-state index contributed by atoms with van der Waals surface area (Å²) in [5.41, 5.74) is 4.39. The Morgan fingerprint density at radius 3 is 2.56 bits per heavy atom. The van der Waals surface area contributed by atoms with Crippen LogP contribution in [-0.4, -0.2) is 19.5 Å². The Morgan fingerprint density at radius 2 is 1.78 bits per heavy atom. The fraction of sp³-hybridized carbons (Fsp3) is 0.227. The lowest BCUT2D eigenvalue weighted by atomic mass is 10.1. The van der Waals surface area contributed by atoms with Gasteiger partial charge in [0.1, 0.15) is 12.1 Å². The van der Waals surface area contributed by atoms with Crippen LogP contribution in [0.1, 0.15) is 39.4 Å². The van der Waals surface area contributed by atoms with Crippen molar-refractivity contribution in [2.45, 2.75) is 33.7 Å². The highest BCUT2D eigenvalue weighted by Gasteiger charge is 2.10. The first-order valence-electron chi connectivity index (χ1n) is 9.29. The highest BCUT2D eigenvalue weighted by molar-refractivity contribution is 5.77. The average Bonchev–Trinajstić information content (AvgIpc) is 3.13. The van der Waals surface area contributed by atoms with Crippen molar-refractivity contribution in [3.05, 3.63) is 78.2 Å². The molecule has 0 fully saturated rings. The van der Waals surface area contributed by atoms with E-state index in [-0.39, 0.29) is 7.47 Å². The smallest absolute Gasteiger partial charge is 0.225 e. The van der Waals surface area contributed by atoms with E-state index in [4.69, 9.17) is 0 Å². The quantitative estimate of drug-likeness (QED) is 0.516. The Labute approximate surface area is 161 Å². The molecule has 0 aliphatic heterocycles. The molecule has 0 radical (unpaired) electrons. The zero-order valence-electron chi connectivity index (χ0n) is 16.2. The number of hydrogen-bond acceptors (Lipinski definition) is 4. The van der Waals surface area contributed by atoms with E-state index in [0.29, 0.717) is 5.95 Å². The molecule has 5 heteroatoms. The van der Waals surface area contributed by atoms with Gasteiger partial charge in [-0.25, -0.2) is 9.97 Å². The van der Waals surface area contributed by atoms with Gasteiger partial charge >= 0.3 is 0 Å². The molecule has 4 aromatic rings. The molecule has 1 atom stereocenters. The maximum atomic E-state index is 4.66. The molecule has 0 saturated carbocycles. The average molecular weight is 361 g/mol. The third-order valence-corrected chi connectivity index (χ3v) is 4.24. The van der Waals surface area contributed by atoms with Gasteiger partial charge in [0, 0.05) is 7.62 Å². The molecular weight excluding hydrogens is 334 g/mol. The van der Waals surface area contributed by atoms with E-state index in [1.807, 2.05) is 48.7 Å². The summed E-state index contributed by atoms with van der Waals surface area (Å²) in [7, 11) is 0. The Bertz CT molecular complexity index is 1010. The lowest BCUT2D eigenvalue weighted by Crippen LogP contribution is -2.10. The molecule has 0 bridgehead atoms. The molecule has 0 aliphatic carbocycles. The third kappa shape index (κ3) is 4.14. The number of benzene rings is 2. The fourth-order valence-corrected chi connectivity index (χ4v) is 2.87. The highest BCUT2D eigenvalue weighted by Crippen LogP contribution is 2.20. The molecule has 0 spiro atoms. The van der Waals surface area contributed by atoms with Gasteiger partial charge < -0.3 is 5.32 Å². The van der Waals surface area contributed by atoms with Crippen LogP contribution in [0.15, 0.2) is 67.1 Å². The number of nitrogens with zero attached hydrogens (tertiary/aromatic N) is 4. The molecule has 5 nitrogen and oxygen atoms in total. The van der Waals surface area contributed by atoms with Crippen molar-refractivity contribution in [2.24, 2.45) is 0 Å². The zero-order chi connectivity index (χ0) is 19.2. The fourth-order valence-electron chi connectivity index (χ4n) is 2.87. The number of imidazole rings is 1. The largest absolute Gasteiger partial charge is 0.348 e. The second-order valence-corrected chi connectivity index (χ2v) is 6.12. The van der Waals surface area contributed by atoms with E-state index in [9.17, 15) is 0 Å². The van der Waals surface area contributed by atoms with Crippen LogP contribution >= 0.6 is 0 Å². The van der Waals surface area contributed by atoms with Crippen molar-refractivity contribution >= 4 is 17.0 Å². The van der Waals surface area contributed by atoms with Crippen molar-refractivity contribution in [3.8, 4) is 5.82 Å². The van der Waals surface area contributed by atoms with Crippen LogP contribution in [0.25, 0.3) is 16.9 Å². The third-order valence-electron chi connectivity index (χ3n) is 4.24. The number of aryl methyl sites for hydroxylation is 1. The summed E-state index contributed by atoms with van der Waals surface area (Å²) in [5, 5.41) is 3.36. The van der Waals surface area contributed by atoms with Crippen LogP contribution in [0.3, 0.4) is 0 Å². The topological polar surface area (TPSA) is 55.6 Å². The predicted molar refractivity (Wildman–Crippen MR) is 113 cm³/mol. The van der Waals surface area contributed by atoms with Crippen LogP contribution in [-0.2, 0) is 0 Å². The lowest BCUT2D eigenvalue weighted by Gasteiger charge is -2.14. The first-order valence-corrected chi connectivity index (χ1v) is 9.29. The van der Waals surface area contributed by atoms with E-state index in [2.05, 4.69) is 58.4 Å². The zero-order valence-corrected chi connectivity index (χ0v) is 16.2. The van der Waals surface area contributed by atoms with Crippen molar-refractivity contribution in [1.29, 1.82) is 0 Å². The molecule has 2 aromatic carbocycles. The van der Waals surface area contributed by atoms with Gasteiger partial charge in [-0.1, -0.05) is 50.2 Å². The van der Waals surface area contributed by atoms with Crippen molar-refractivity contribution in [1.82, 2.24) is 19.5 Å². The van der Waals surface area contributed by atoms with Crippen molar-refractivity contribution in [2.75, 3.05) is 5.32 Å². The van der Waals surface area contributed by atoms with Crippen LogP contribution in [0.5, 0.6) is 0 Å². The van der Waals surface area contributed by atoms with Gasteiger partial charge in [0.05, 0.1) is 17.1 Å². The Kier molecular flexibility index (Phi) is 5.81. The van der Waals surface area contributed by atoms with Crippen LogP contribution in [0, 0.1) is 6.92 Å². The lowest BCUT2D eigenvalue weighted by molar-refractivity contribution is 0.854. The minimum atomic E-state index is 0. The maximum Gasteiger partial charge on any atom is 0.225 e. The second-order valence-electron chi connectivity index (χ2n) is 6.12. The molecular formula is C22H27N5. The van der Waals surface area contributed by atoms with Gasteiger partial charge in [0.25, 0.3) is 0 Å². The molecule has 0 aliphatic rings. The number of hydrogen-bond donors (Lipinski definition) is 1. The number of nitrogens with one attached hydrogen (secondary N) is 1. The predicted octanol–water partition coefficient (Wildman–Crippen LogP) is 5.57. The molecule has 4 rings (SSSR count). The summed E-state index contributed by atoms with van der Waals surface area (Å²) in [6.07, 6.45) is 3.57. The molecule has 0 amide bonds. The van der Waals surface area contributed by atoms with E-state index in [1.165, 1.54) is 11.1 Å². The number of fused-ring (bicyclic) bond motifs is 1. The number of aromatic nitrogens is 4. The highest BCUT2D eigenvalue weighted by atomic mass is 15.2. The van der Waals surface area contributed by atoms with Gasteiger partial charge in [0.2, 0.25) is 5.95 Å². The van der Waals surface area contributed by atoms with Crippen LogP contribution < -0.4 is 5.32 Å². The summed E-state index contributed by atoms with van der Waals surface area (Å²) in [5.74, 6) is 1.40. The normalized spacial score (nSPS) is 11.6. The van der Waals surface area contributed by atoms with Crippen LogP contribution in [0.2, 0.25) is 0 Å². The summed E-state index contributed by atoms with van der Waals surface area (Å²) in [6.45, 7) is 8.17. The SMILES string of the molecule is CC.Cc1ccc2ncn(-c3ccnc(N[C@@H](C)c4ccccc4)n3)c2c1.[HH]. The minimum Gasteiger partial charge on any atom is -0.348 e. The molecule has 2 heterocycles. The van der Waals surface area contributed by atoms with E-state index in [0.717, 1.165) is 16.9 Å². The Hall–Kier alpha value is -3.21. The van der Waals surface area contributed by atoms with Crippen molar-refractivity contribution < 1.29 is 1.43 Å². The van der Waals surface area contributed by atoms with E-state index >= 15 is 0 Å². The van der Waals surface area contributed by atoms with Gasteiger partial charge in [-0.15, -0.1) is 0 Å².